The standard InChI is InChI=1S/C14H18N2O2S/c1-3-11(2)19(18)9-8-14(17)16-13-6-4-12(10-15)5-7-13/h4-7,11H,3,8-9H2,1-2H3,(H,16,17). The Morgan fingerprint density at radius 1 is 1.42 bits per heavy atom. The minimum atomic E-state index is -0.952. The second-order valence-corrected chi connectivity index (χ2v) is 6.27. The molecule has 102 valence electrons. The van der Waals surface area contributed by atoms with E-state index in [2.05, 4.69) is 5.32 Å². The molecule has 1 amide bonds. The van der Waals surface area contributed by atoms with E-state index in [0.717, 1.165) is 6.42 Å². The van der Waals surface area contributed by atoms with Crippen LogP contribution in [0.15, 0.2) is 24.3 Å². The van der Waals surface area contributed by atoms with Crippen molar-refractivity contribution in [1.29, 1.82) is 5.26 Å². The first kappa shape index (κ1) is 15.4. The number of carbonyl (C=O) groups excluding carboxylic acids is 1. The van der Waals surface area contributed by atoms with Crippen LogP contribution >= 0.6 is 0 Å². The second kappa shape index (κ2) is 7.70. The lowest BCUT2D eigenvalue weighted by Crippen LogP contribution is -2.19. The number of amides is 1. The molecule has 0 bridgehead atoms. The number of nitrogens with zero attached hydrogens (tertiary/aromatic N) is 1. The van der Waals surface area contributed by atoms with E-state index < -0.39 is 10.8 Å². The van der Waals surface area contributed by atoms with Crippen molar-refractivity contribution in [3.8, 4) is 6.07 Å². The summed E-state index contributed by atoms with van der Waals surface area (Å²) in [6.45, 7) is 3.91. The van der Waals surface area contributed by atoms with Gasteiger partial charge in [-0.2, -0.15) is 5.26 Å². The highest BCUT2D eigenvalue weighted by molar-refractivity contribution is 7.85. The molecule has 2 unspecified atom stereocenters. The molecule has 1 aromatic carbocycles. The zero-order valence-electron chi connectivity index (χ0n) is 11.2. The Bertz CT molecular complexity index is 491. The Kier molecular flexibility index (Phi) is 6.23. The molecule has 0 spiro atoms. The monoisotopic (exact) mass is 278 g/mol. The van der Waals surface area contributed by atoms with Gasteiger partial charge in [-0.3, -0.25) is 9.00 Å². The quantitative estimate of drug-likeness (QED) is 0.868. The van der Waals surface area contributed by atoms with Crippen molar-refractivity contribution in [3.63, 3.8) is 0 Å². The summed E-state index contributed by atoms with van der Waals surface area (Å²) in [5, 5.41) is 11.5. The highest BCUT2D eigenvalue weighted by Gasteiger charge is 2.11. The van der Waals surface area contributed by atoms with Gasteiger partial charge in [-0.25, -0.2) is 0 Å². The Morgan fingerprint density at radius 3 is 2.58 bits per heavy atom. The molecule has 0 fully saturated rings. The first-order chi connectivity index (χ1) is 9.06. The molecule has 0 heterocycles. The predicted octanol–water partition coefficient (Wildman–Crippen LogP) is 2.43. The summed E-state index contributed by atoms with van der Waals surface area (Å²) >= 11 is 0. The number of nitriles is 1. The molecule has 4 nitrogen and oxygen atoms in total. The fraction of sp³-hybridized carbons (Fsp3) is 0.429. The van der Waals surface area contributed by atoms with E-state index >= 15 is 0 Å². The SMILES string of the molecule is CCC(C)S(=O)CCC(=O)Nc1ccc(C#N)cc1. The van der Waals surface area contributed by atoms with Gasteiger partial charge in [0, 0.05) is 33.9 Å². The van der Waals surface area contributed by atoms with Crippen molar-refractivity contribution in [3.05, 3.63) is 29.8 Å². The smallest absolute Gasteiger partial charge is 0.225 e. The molecule has 0 saturated carbocycles. The van der Waals surface area contributed by atoms with Gasteiger partial charge < -0.3 is 5.32 Å². The summed E-state index contributed by atoms with van der Waals surface area (Å²) in [7, 11) is -0.952. The van der Waals surface area contributed by atoms with Crippen molar-refractivity contribution >= 4 is 22.4 Å². The van der Waals surface area contributed by atoms with Crippen LogP contribution in [0.5, 0.6) is 0 Å². The van der Waals surface area contributed by atoms with Gasteiger partial charge in [0.25, 0.3) is 0 Å². The number of carbonyl (C=O) groups is 1. The fourth-order valence-corrected chi connectivity index (χ4v) is 2.59. The number of hydrogen-bond donors (Lipinski definition) is 1. The minimum absolute atomic E-state index is 0.128. The van der Waals surface area contributed by atoms with Crippen LogP contribution in [0.25, 0.3) is 0 Å². The van der Waals surface area contributed by atoms with Crippen LogP contribution in [0.2, 0.25) is 0 Å². The van der Waals surface area contributed by atoms with E-state index in [0.29, 0.717) is 17.0 Å². The van der Waals surface area contributed by atoms with Crippen LogP contribution in [0.4, 0.5) is 5.69 Å². The third-order valence-electron chi connectivity index (χ3n) is 2.85. The van der Waals surface area contributed by atoms with Crippen molar-refractivity contribution in [2.24, 2.45) is 0 Å². The summed E-state index contributed by atoms with van der Waals surface area (Å²) in [6, 6.07) is 8.67. The Labute approximate surface area is 116 Å². The lowest BCUT2D eigenvalue weighted by atomic mass is 10.2. The van der Waals surface area contributed by atoms with Crippen LogP contribution < -0.4 is 5.32 Å². The van der Waals surface area contributed by atoms with Crippen molar-refractivity contribution < 1.29 is 9.00 Å². The molecule has 5 heteroatoms. The molecule has 2 atom stereocenters. The molecule has 0 aliphatic rings. The van der Waals surface area contributed by atoms with Crippen LogP contribution in [0, 0.1) is 11.3 Å². The zero-order chi connectivity index (χ0) is 14.3. The second-order valence-electron chi connectivity index (χ2n) is 4.29. The molecule has 0 saturated heterocycles. The van der Waals surface area contributed by atoms with Gasteiger partial charge in [0.1, 0.15) is 0 Å². The third-order valence-corrected chi connectivity index (χ3v) is 4.69. The van der Waals surface area contributed by atoms with Gasteiger partial charge in [0.15, 0.2) is 0 Å². The molecule has 0 aliphatic carbocycles. The summed E-state index contributed by atoms with van der Waals surface area (Å²) < 4.78 is 11.7. The van der Waals surface area contributed by atoms with Crippen LogP contribution in [-0.4, -0.2) is 21.1 Å². The van der Waals surface area contributed by atoms with Gasteiger partial charge >= 0.3 is 0 Å². The van der Waals surface area contributed by atoms with E-state index in [9.17, 15) is 9.00 Å². The molecular weight excluding hydrogens is 260 g/mol. The Hall–Kier alpha value is -1.67. The number of anilines is 1. The predicted molar refractivity (Wildman–Crippen MR) is 77.2 cm³/mol. The molecule has 1 N–H and O–H groups in total. The van der Waals surface area contributed by atoms with Crippen molar-refractivity contribution in [2.45, 2.75) is 31.9 Å². The van der Waals surface area contributed by atoms with Gasteiger partial charge in [0.2, 0.25) is 5.91 Å². The van der Waals surface area contributed by atoms with Gasteiger partial charge in [-0.1, -0.05) is 13.8 Å². The van der Waals surface area contributed by atoms with E-state index in [1.807, 2.05) is 19.9 Å². The maximum absolute atomic E-state index is 11.7. The molecule has 0 aliphatic heterocycles. The maximum Gasteiger partial charge on any atom is 0.225 e. The van der Waals surface area contributed by atoms with Crippen LogP contribution in [0.1, 0.15) is 32.3 Å². The number of nitrogens with one attached hydrogen (secondary N) is 1. The first-order valence-corrected chi connectivity index (χ1v) is 7.62. The summed E-state index contributed by atoms with van der Waals surface area (Å²) in [5.74, 6) is 0.235. The zero-order valence-corrected chi connectivity index (χ0v) is 12.0. The van der Waals surface area contributed by atoms with E-state index in [-0.39, 0.29) is 17.6 Å². The normalized spacial score (nSPS) is 13.3. The van der Waals surface area contributed by atoms with Gasteiger partial charge in [-0.15, -0.1) is 0 Å². The van der Waals surface area contributed by atoms with E-state index in [1.165, 1.54) is 0 Å². The van der Waals surface area contributed by atoms with Gasteiger partial charge in [-0.05, 0) is 30.7 Å². The number of rotatable bonds is 6. The molecule has 0 aromatic heterocycles. The topological polar surface area (TPSA) is 70.0 Å². The summed E-state index contributed by atoms with van der Waals surface area (Å²) in [5.41, 5.74) is 1.20. The highest BCUT2D eigenvalue weighted by atomic mass is 32.2. The molecule has 1 rings (SSSR count). The average Bonchev–Trinajstić information content (AvgIpc) is 2.44. The molecular formula is C14H18N2O2S. The highest BCUT2D eigenvalue weighted by Crippen LogP contribution is 2.09. The molecule has 0 radical (unpaired) electrons. The van der Waals surface area contributed by atoms with Crippen LogP contribution in [-0.2, 0) is 15.6 Å². The lowest BCUT2D eigenvalue weighted by molar-refractivity contribution is -0.115. The Balaban J connectivity index is 2.43. The maximum atomic E-state index is 11.7. The van der Waals surface area contributed by atoms with Crippen molar-refractivity contribution in [2.75, 3.05) is 11.1 Å². The largest absolute Gasteiger partial charge is 0.326 e. The number of hydrogen-bond acceptors (Lipinski definition) is 3. The summed E-state index contributed by atoms with van der Waals surface area (Å²) in [4.78, 5) is 11.7. The summed E-state index contributed by atoms with van der Waals surface area (Å²) in [6.07, 6.45) is 1.10. The minimum Gasteiger partial charge on any atom is -0.326 e. The van der Waals surface area contributed by atoms with Crippen LogP contribution in [0.3, 0.4) is 0 Å². The average molecular weight is 278 g/mol. The third kappa shape index (κ3) is 5.23. The first-order valence-electron chi connectivity index (χ1n) is 6.24. The molecule has 19 heavy (non-hydrogen) atoms. The van der Waals surface area contributed by atoms with Crippen molar-refractivity contribution in [1.82, 2.24) is 0 Å². The van der Waals surface area contributed by atoms with E-state index in [4.69, 9.17) is 5.26 Å². The Morgan fingerprint density at radius 2 is 2.05 bits per heavy atom. The lowest BCUT2D eigenvalue weighted by Gasteiger charge is -2.09. The fourth-order valence-electron chi connectivity index (χ4n) is 1.43. The number of benzene rings is 1. The van der Waals surface area contributed by atoms with Gasteiger partial charge in [0.05, 0.1) is 11.6 Å². The van der Waals surface area contributed by atoms with E-state index in [1.54, 1.807) is 24.3 Å². The molecule has 1 aromatic rings.